The minimum Gasteiger partial charge on any atom is -0.464 e. The van der Waals surface area contributed by atoms with Crippen LogP contribution in [0.25, 0.3) is 11.3 Å². The van der Waals surface area contributed by atoms with Crippen molar-refractivity contribution in [3.8, 4) is 23.6 Å². The zero-order valence-corrected chi connectivity index (χ0v) is 12.0. The first-order valence-corrected chi connectivity index (χ1v) is 6.27. The number of carbonyl (C=O) groups is 1. The third-order valence-corrected chi connectivity index (χ3v) is 3.27. The highest BCUT2D eigenvalue weighted by Crippen LogP contribution is 2.32. The Labute approximate surface area is 129 Å². The van der Waals surface area contributed by atoms with Crippen molar-refractivity contribution in [2.45, 2.75) is 0 Å². The average molecular weight is 323 g/mol. The van der Waals surface area contributed by atoms with Crippen LogP contribution in [0.5, 0.6) is 0 Å². The third-order valence-electron chi connectivity index (χ3n) is 2.89. The van der Waals surface area contributed by atoms with E-state index in [4.69, 9.17) is 23.8 Å². The molecule has 0 aliphatic carbocycles. The number of pyridine rings is 1. The Hall–Kier alpha value is -2.65. The Morgan fingerprint density at radius 2 is 2.14 bits per heavy atom. The van der Waals surface area contributed by atoms with Gasteiger partial charge in [0.15, 0.2) is 11.5 Å². The summed E-state index contributed by atoms with van der Waals surface area (Å²) < 4.78 is 32.5. The molecule has 1 aromatic carbocycles. The Balaban J connectivity index is 2.70. The summed E-state index contributed by atoms with van der Waals surface area (Å²) in [5.74, 6) is -0.446. The average Bonchev–Trinajstić information content (AvgIpc) is 2.52. The lowest BCUT2D eigenvalue weighted by Gasteiger charge is -2.10. The van der Waals surface area contributed by atoms with Gasteiger partial charge < -0.3 is 10.5 Å². The lowest BCUT2D eigenvalue weighted by molar-refractivity contribution is 0.0594. The fourth-order valence-electron chi connectivity index (χ4n) is 1.76. The van der Waals surface area contributed by atoms with E-state index in [0.29, 0.717) is 0 Å². The van der Waals surface area contributed by atoms with E-state index in [-0.39, 0.29) is 27.5 Å². The highest BCUT2D eigenvalue weighted by atomic mass is 35.5. The summed E-state index contributed by atoms with van der Waals surface area (Å²) in [6.45, 7) is 0. The number of nitrogens with two attached hydrogens (primary N) is 1. The molecule has 0 aliphatic heterocycles. The molecular weight excluding hydrogens is 314 g/mol. The molecule has 0 fully saturated rings. The monoisotopic (exact) mass is 322 g/mol. The molecule has 0 aliphatic rings. The molecule has 0 bridgehead atoms. The van der Waals surface area contributed by atoms with Crippen molar-refractivity contribution in [1.29, 1.82) is 0 Å². The molecule has 0 saturated heterocycles. The van der Waals surface area contributed by atoms with Gasteiger partial charge in [-0.05, 0) is 12.1 Å². The first kappa shape index (κ1) is 15.7. The fraction of sp³-hybridized carbons (Fsp3) is 0.0667. The Bertz CT molecular complexity index is 816. The number of hydrogen-bond acceptors (Lipinski definition) is 4. The van der Waals surface area contributed by atoms with Crippen LogP contribution < -0.4 is 5.73 Å². The van der Waals surface area contributed by atoms with Crippen molar-refractivity contribution in [2.24, 2.45) is 0 Å². The molecule has 0 spiro atoms. The molecule has 0 radical (unpaired) electrons. The van der Waals surface area contributed by atoms with E-state index >= 15 is 0 Å². The largest absolute Gasteiger partial charge is 0.464 e. The molecule has 0 unspecified atom stereocenters. The number of nitrogen functional groups attached to an aromatic ring is 1. The summed E-state index contributed by atoms with van der Waals surface area (Å²) >= 11 is 5.78. The van der Waals surface area contributed by atoms with Crippen LogP contribution in [0.15, 0.2) is 18.2 Å². The molecule has 0 amide bonds. The maximum Gasteiger partial charge on any atom is 0.358 e. The van der Waals surface area contributed by atoms with Crippen LogP contribution >= 0.6 is 11.6 Å². The standard InChI is InChI=1S/C15H9ClF2N2O2/c1-3-7-4-5-8(6-9(7)17)13-11(18)12(19)10(16)14(20-13)15(21)22-2/h1,4-6H,2H3,(H2,19,20). The van der Waals surface area contributed by atoms with E-state index in [9.17, 15) is 13.6 Å². The number of ether oxygens (including phenoxy) is 1. The normalized spacial score (nSPS) is 10.1. The molecule has 7 heteroatoms. The molecule has 0 atom stereocenters. The van der Waals surface area contributed by atoms with Crippen molar-refractivity contribution >= 4 is 23.3 Å². The maximum atomic E-state index is 14.2. The quantitative estimate of drug-likeness (QED) is 0.682. The number of nitrogens with zero attached hydrogens (tertiary/aromatic N) is 1. The SMILES string of the molecule is C#Cc1ccc(-c2nc(C(=O)OC)c(Cl)c(N)c2F)cc1F. The Morgan fingerprint density at radius 3 is 2.68 bits per heavy atom. The summed E-state index contributed by atoms with van der Waals surface area (Å²) in [5, 5.41) is -0.367. The second-order valence-corrected chi connectivity index (χ2v) is 4.56. The van der Waals surface area contributed by atoms with Gasteiger partial charge in [-0.15, -0.1) is 6.42 Å². The number of methoxy groups -OCH3 is 1. The van der Waals surface area contributed by atoms with Crippen LogP contribution in [0.2, 0.25) is 5.02 Å². The van der Waals surface area contributed by atoms with E-state index in [1.54, 1.807) is 0 Å². The van der Waals surface area contributed by atoms with Gasteiger partial charge >= 0.3 is 5.97 Å². The molecule has 2 aromatic rings. The number of terminal acetylenes is 1. The van der Waals surface area contributed by atoms with Crippen molar-refractivity contribution in [3.63, 3.8) is 0 Å². The summed E-state index contributed by atoms with van der Waals surface area (Å²) in [7, 11) is 1.11. The van der Waals surface area contributed by atoms with E-state index in [2.05, 4.69) is 15.6 Å². The van der Waals surface area contributed by atoms with Gasteiger partial charge in [0.25, 0.3) is 0 Å². The van der Waals surface area contributed by atoms with Crippen LogP contribution in [0.4, 0.5) is 14.5 Å². The smallest absolute Gasteiger partial charge is 0.358 e. The number of benzene rings is 1. The molecule has 4 nitrogen and oxygen atoms in total. The molecule has 22 heavy (non-hydrogen) atoms. The molecule has 0 saturated carbocycles. The van der Waals surface area contributed by atoms with Crippen molar-refractivity contribution in [1.82, 2.24) is 4.98 Å². The number of carbonyl (C=O) groups excluding carboxylic acids is 1. The molecule has 1 aromatic heterocycles. The van der Waals surface area contributed by atoms with Gasteiger partial charge in [0.1, 0.15) is 11.5 Å². The minimum absolute atomic E-state index is 0.0132. The highest BCUT2D eigenvalue weighted by molar-refractivity contribution is 6.35. The molecule has 112 valence electrons. The van der Waals surface area contributed by atoms with E-state index in [1.807, 2.05) is 0 Å². The van der Waals surface area contributed by atoms with Gasteiger partial charge in [-0.25, -0.2) is 18.6 Å². The number of halogens is 3. The lowest BCUT2D eigenvalue weighted by atomic mass is 10.1. The Kier molecular flexibility index (Phi) is 4.29. The van der Waals surface area contributed by atoms with Gasteiger partial charge in [-0.3, -0.25) is 0 Å². The second kappa shape index (κ2) is 6.00. The number of aromatic nitrogens is 1. The summed E-state index contributed by atoms with van der Waals surface area (Å²) in [6.07, 6.45) is 5.12. The lowest BCUT2D eigenvalue weighted by Crippen LogP contribution is -2.10. The van der Waals surface area contributed by atoms with Crippen LogP contribution in [0.1, 0.15) is 16.1 Å². The van der Waals surface area contributed by atoms with Gasteiger partial charge in [0.05, 0.1) is 23.4 Å². The molecule has 2 rings (SSSR count). The zero-order valence-electron chi connectivity index (χ0n) is 11.3. The summed E-state index contributed by atoms with van der Waals surface area (Å²) in [4.78, 5) is 15.4. The minimum atomic E-state index is -0.967. The van der Waals surface area contributed by atoms with Crippen molar-refractivity contribution in [3.05, 3.63) is 46.1 Å². The molecule has 2 N–H and O–H groups in total. The zero-order chi connectivity index (χ0) is 16.4. The van der Waals surface area contributed by atoms with Gasteiger partial charge in [-0.2, -0.15) is 0 Å². The maximum absolute atomic E-state index is 14.2. The van der Waals surface area contributed by atoms with Crippen LogP contribution in [-0.2, 0) is 4.74 Å². The van der Waals surface area contributed by atoms with Crippen LogP contribution in [0.3, 0.4) is 0 Å². The third kappa shape index (κ3) is 2.59. The summed E-state index contributed by atoms with van der Waals surface area (Å²) in [5.41, 5.74) is 4.43. The topological polar surface area (TPSA) is 65.2 Å². The number of anilines is 1. The van der Waals surface area contributed by atoms with E-state index < -0.39 is 23.3 Å². The van der Waals surface area contributed by atoms with Gasteiger partial charge in [-0.1, -0.05) is 23.6 Å². The second-order valence-electron chi connectivity index (χ2n) is 4.18. The number of hydrogen-bond donors (Lipinski definition) is 1. The van der Waals surface area contributed by atoms with Gasteiger partial charge in [0, 0.05) is 5.56 Å². The van der Waals surface area contributed by atoms with Crippen molar-refractivity contribution < 1.29 is 18.3 Å². The number of rotatable bonds is 2. The summed E-state index contributed by atoms with van der Waals surface area (Å²) in [6, 6.07) is 3.64. The fourth-order valence-corrected chi connectivity index (χ4v) is 1.97. The highest BCUT2D eigenvalue weighted by Gasteiger charge is 2.23. The predicted octanol–water partition coefficient (Wildman–Crippen LogP) is 3.03. The van der Waals surface area contributed by atoms with E-state index in [1.165, 1.54) is 12.1 Å². The first-order chi connectivity index (χ1) is 10.4. The molecular formula is C15H9ClF2N2O2. The Morgan fingerprint density at radius 1 is 1.45 bits per heavy atom. The first-order valence-electron chi connectivity index (χ1n) is 5.90. The predicted molar refractivity (Wildman–Crippen MR) is 78.3 cm³/mol. The van der Waals surface area contributed by atoms with Crippen LogP contribution in [0, 0.1) is 24.0 Å². The van der Waals surface area contributed by atoms with Gasteiger partial charge in [0.2, 0.25) is 0 Å². The van der Waals surface area contributed by atoms with Crippen LogP contribution in [-0.4, -0.2) is 18.1 Å². The van der Waals surface area contributed by atoms with Crippen molar-refractivity contribution in [2.75, 3.05) is 12.8 Å². The van der Waals surface area contributed by atoms with E-state index in [0.717, 1.165) is 13.2 Å². The molecule has 1 heterocycles. The number of esters is 1.